The van der Waals surface area contributed by atoms with E-state index in [2.05, 4.69) is 0 Å². The minimum absolute atomic E-state index is 0.158. The molecule has 0 fully saturated rings. The van der Waals surface area contributed by atoms with Gasteiger partial charge in [0.15, 0.2) is 0 Å². The van der Waals surface area contributed by atoms with E-state index < -0.39 is 0 Å². The fourth-order valence-electron chi connectivity index (χ4n) is 3.23. The molecule has 0 aliphatic rings. The molecule has 34 heavy (non-hydrogen) atoms. The number of carbonyl (C=O) groups excluding carboxylic acids is 1. The summed E-state index contributed by atoms with van der Waals surface area (Å²) >= 11 is 0. The van der Waals surface area contributed by atoms with E-state index >= 15 is 0 Å². The van der Waals surface area contributed by atoms with Crippen LogP contribution in [0.5, 0.6) is 17.2 Å². The molecule has 0 aromatic heterocycles. The second-order valence-corrected chi connectivity index (χ2v) is 8.19. The number of hydrogen-bond donors (Lipinski definition) is 0. The first-order valence-corrected chi connectivity index (χ1v) is 12.4. The van der Waals surface area contributed by atoms with E-state index in [-0.39, 0.29) is 5.97 Å². The van der Waals surface area contributed by atoms with Gasteiger partial charge in [0.1, 0.15) is 23.9 Å². The molecule has 2 aromatic rings. The summed E-state index contributed by atoms with van der Waals surface area (Å²) in [5.74, 6) is 2.38. The highest BCUT2D eigenvalue weighted by Gasteiger charge is 2.02. The zero-order valence-corrected chi connectivity index (χ0v) is 20.8. The highest BCUT2D eigenvalue weighted by atomic mass is 16.5. The number of carbonyl (C=O) groups is 1. The SMILES string of the molecule is CCCC(=O)OCc1ccc(OCCCCOc2ccc(OCCCCCCOC)cc2)cc1. The van der Waals surface area contributed by atoms with Gasteiger partial charge in [0.05, 0.1) is 19.8 Å². The van der Waals surface area contributed by atoms with Gasteiger partial charge in [0.25, 0.3) is 0 Å². The van der Waals surface area contributed by atoms with Crippen LogP contribution in [0.25, 0.3) is 0 Å². The van der Waals surface area contributed by atoms with Crippen molar-refractivity contribution in [3.8, 4) is 17.2 Å². The van der Waals surface area contributed by atoms with Gasteiger partial charge in [0, 0.05) is 20.1 Å². The van der Waals surface area contributed by atoms with Crippen LogP contribution in [0.4, 0.5) is 0 Å². The molecule has 188 valence electrons. The molecular formula is C28H40O6. The number of ether oxygens (including phenoxy) is 5. The minimum Gasteiger partial charge on any atom is -0.494 e. The molecule has 0 atom stereocenters. The van der Waals surface area contributed by atoms with Gasteiger partial charge in [-0.05, 0) is 80.5 Å². The van der Waals surface area contributed by atoms with Crippen LogP contribution in [0, 0.1) is 0 Å². The van der Waals surface area contributed by atoms with Crippen LogP contribution in [0.3, 0.4) is 0 Å². The lowest BCUT2D eigenvalue weighted by Crippen LogP contribution is -2.04. The molecule has 0 saturated carbocycles. The Labute approximate surface area is 204 Å². The monoisotopic (exact) mass is 472 g/mol. The largest absolute Gasteiger partial charge is 0.494 e. The van der Waals surface area contributed by atoms with Crippen molar-refractivity contribution in [2.75, 3.05) is 33.5 Å². The fourth-order valence-corrected chi connectivity index (χ4v) is 3.23. The van der Waals surface area contributed by atoms with Gasteiger partial charge in [-0.3, -0.25) is 4.79 Å². The maximum absolute atomic E-state index is 11.4. The summed E-state index contributed by atoms with van der Waals surface area (Å²) in [6.07, 6.45) is 7.59. The molecule has 0 unspecified atom stereocenters. The van der Waals surface area contributed by atoms with E-state index in [1.54, 1.807) is 7.11 Å². The number of esters is 1. The lowest BCUT2D eigenvalue weighted by Gasteiger charge is -2.10. The average molecular weight is 473 g/mol. The highest BCUT2D eigenvalue weighted by Crippen LogP contribution is 2.18. The molecule has 2 aromatic carbocycles. The molecule has 6 nitrogen and oxygen atoms in total. The van der Waals surface area contributed by atoms with E-state index in [1.807, 2.05) is 55.5 Å². The van der Waals surface area contributed by atoms with Gasteiger partial charge in [-0.1, -0.05) is 25.5 Å². The first-order valence-electron chi connectivity index (χ1n) is 12.4. The van der Waals surface area contributed by atoms with Gasteiger partial charge in [-0.25, -0.2) is 0 Å². The molecule has 0 bridgehead atoms. The van der Waals surface area contributed by atoms with Gasteiger partial charge < -0.3 is 23.7 Å². The first-order chi connectivity index (χ1) is 16.7. The van der Waals surface area contributed by atoms with Crippen LogP contribution in [0.1, 0.15) is 63.9 Å². The van der Waals surface area contributed by atoms with E-state index in [0.29, 0.717) is 26.2 Å². The van der Waals surface area contributed by atoms with Crippen molar-refractivity contribution in [2.45, 2.75) is 64.9 Å². The Morgan fingerprint density at radius 1 is 0.647 bits per heavy atom. The average Bonchev–Trinajstić information content (AvgIpc) is 2.86. The Morgan fingerprint density at radius 2 is 1.09 bits per heavy atom. The van der Waals surface area contributed by atoms with Crippen molar-refractivity contribution in [1.82, 2.24) is 0 Å². The molecule has 0 aliphatic heterocycles. The van der Waals surface area contributed by atoms with Crippen molar-refractivity contribution in [3.63, 3.8) is 0 Å². The van der Waals surface area contributed by atoms with Crippen molar-refractivity contribution in [1.29, 1.82) is 0 Å². The van der Waals surface area contributed by atoms with Crippen LogP contribution >= 0.6 is 0 Å². The molecule has 0 radical (unpaired) electrons. The molecule has 6 heteroatoms. The van der Waals surface area contributed by atoms with Crippen molar-refractivity contribution in [2.24, 2.45) is 0 Å². The van der Waals surface area contributed by atoms with E-state index in [1.165, 1.54) is 6.42 Å². The number of unbranched alkanes of at least 4 members (excludes halogenated alkanes) is 4. The third-order valence-corrected chi connectivity index (χ3v) is 5.19. The molecule has 0 N–H and O–H groups in total. The van der Waals surface area contributed by atoms with Crippen LogP contribution in [-0.2, 0) is 20.9 Å². The molecule has 0 saturated heterocycles. The molecule has 0 heterocycles. The Balaban J connectivity index is 1.50. The van der Waals surface area contributed by atoms with E-state index in [0.717, 1.165) is 74.6 Å². The fraction of sp³-hybridized carbons (Fsp3) is 0.536. The number of methoxy groups -OCH3 is 1. The lowest BCUT2D eigenvalue weighted by molar-refractivity contribution is -0.144. The Bertz CT molecular complexity index is 772. The quantitative estimate of drug-likeness (QED) is 0.175. The third kappa shape index (κ3) is 12.5. The normalized spacial score (nSPS) is 10.6. The minimum atomic E-state index is -0.158. The summed E-state index contributed by atoms with van der Waals surface area (Å²) in [6.45, 7) is 5.12. The van der Waals surface area contributed by atoms with Crippen LogP contribution in [-0.4, -0.2) is 39.5 Å². The second kappa shape index (κ2) is 17.7. The Morgan fingerprint density at radius 3 is 1.56 bits per heavy atom. The molecule has 2 rings (SSSR count). The Hall–Kier alpha value is -2.73. The summed E-state index contributed by atoms with van der Waals surface area (Å²) in [4.78, 5) is 11.4. The predicted molar refractivity (Wildman–Crippen MR) is 134 cm³/mol. The summed E-state index contributed by atoms with van der Waals surface area (Å²) in [5, 5.41) is 0. The smallest absolute Gasteiger partial charge is 0.306 e. The van der Waals surface area contributed by atoms with Gasteiger partial charge in [-0.2, -0.15) is 0 Å². The van der Waals surface area contributed by atoms with Crippen molar-refractivity contribution in [3.05, 3.63) is 54.1 Å². The molecule has 0 aliphatic carbocycles. The lowest BCUT2D eigenvalue weighted by atomic mass is 10.2. The third-order valence-electron chi connectivity index (χ3n) is 5.19. The summed E-state index contributed by atoms with van der Waals surface area (Å²) in [7, 11) is 1.74. The first kappa shape index (κ1) is 27.5. The van der Waals surface area contributed by atoms with Gasteiger partial charge in [0.2, 0.25) is 0 Å². The summed E-state index contributed by atoms with van der Waals surface area (Å²) < 4.78 is 27.6. The molecule has 0 amide bonds. The highest BCUT2D eigenvalue weighted by molar-refractivity contribution is 5.69. The van der Waals surface area contributed by atoms with E-state index in [9.17, 15) is 4.79 Å². The molecular weight excluding hydrogens is 432 g/mol. The summed E-state index contributed by atoms with van der Waals surface area (Å²) in [6, 6.07) is 15.5. The van der Waals surface area contributed by atoms with Crippen molar-refractivity contribution >= 4 is 5.97 Å². The predicted octanol–water partition coefficient (Wildman–Crippen LogP) is 6.35. The van der Waals surface area contributed by atoms with Gasteiger partial charge in [-0.15, -0.1) is 0 Å². The Kier molecular flexibility index (Phi) is 14.3. The maximum atomic E-state index is 11.4. The zero-order chi connectivity index (χ0) is 24.3. The number of rotatable bonds is 19. The standard InChI is InChI=1S/C28H40O6/c1-3-10-28(29)34-23-24-11-13-25(14-12-24)32-21-8-9-22-33-27-17-15-26(16-18-27)31-20-7-5-4-6-19-30-2/h11-18H,3-10,19-23H2,1-2H3. The van der Waals surface area contributed by atoms with Gasteiger partial charge >= 0.3 is 5.97 Å². The zero-order valence-electron chi connectivity index (χ0n) is 20.8. The molecule has 0 spiro atoms. The van der Waals surface area contributed by atoms with E-state index in [4.69, 9.17) is 23.7 Å². The number of hydrogen-bond acceptors (Lipinski definition) is 6. The summed E-state index contributed by atoms with van der Waals surface area (Å²) in [5.41, 5.74) is 0.958. The topological polar surface area (TPSA) is 63.2 Å². The maximum Gasteiger partial charge on any atom is 0.306 e. The van der Waals surface area contributed by atoms with Crippen molar-refractivity contribution < 1.29 is 28.5 Å². The van der Waals surface area contributed by atoms with Crippen LogP contribution in [0.15, 0.2) is 48.5 Å². The second-order valence-electron chi connectivity index (χ2n) is 8.19. The number of benzene rings is 2. The van der Waals surface area contributed by atoms with Crippen LogP contribution in [0.2, 0.25) is 0 Å². The van der Waals surface area contributed by atoms with Crippen LogP contribution < -0.4 is 14.2 Å².